The Morgan fingerprint density at radius 2 is 2.08 bits per heavy atom. The number of aromatic hydroxyl groups is 1. The van der Waals surface area contributed by atoms with Gasteiger partial charge in [-0.25, -0.2) is 0 Å². The van der Waals surface area contributed by atoms with Crippen LogP contribution in [0.2, 0.25) is 0 Å². The fraction of sp³-hybridized carbons (Fsp3) is 0.125. The van der Waals surface area contributed by atoms with Gasteiger partial charge in [0.25, 0.3) is 0 Å². The zero-order valence-corrected chi connectivity index (χ0v) is 10.6. The molecule has 0 radical (unpaired) electrons. The molecule has 0 amide bonds. The highest BCUT2D eigenvalue weighted by Gasteiger charge is 2.10. The van der Waals surface area contributed by atoms with E-state index in [0.29, 0.717) is 11.8 Å². The van der Waals surface area contributed by atoms with Crippen molar-refractivity contribution in [1.82, 2.24) is 0 Å². The molecule has 2 nitrogen and oxygen atoms in total. The number of phenolic OH excluding ortho intramolecular Hbond substituents is 1. The van der Waals surface area contributed by atoms with Crippen molar-refractivity contribution in [1.29, 1.82) is 0 Å². The van der Waals surface area contributed by atoms with E-state index in [1.54, 1.807) is 6.07 Å². The van der Waals surface area contributed by atoms with Gasteiger partial charge in [-0.05, 0) is 63.7 Å². The monoisotopic (exact) mass is 388 g/mol. The van der Waals surface area contributed by atoms with Gasteiger partial charge in [0.15, 0.2) is 6.29 Å². The Morgan fingerprint density at radius 1 is 1.50 bits per heavy atom. The maximum atomic E-state index is 10.5. The van der Waals surface area contributed by atoms with Gasteiger partial charge in [0.2, 0.25) is 0 Å². The van der Waals surface area contributed by atoms with Crippen LogP contribution in [-0.2, 0) is 0 Å². The lowest BCUT2D eigenvalue weighted by molar-refractivity contribution is 0.112. The van der Waals surface area contributed by atoms with Crippen LogP contribution < -0.4 is 0 Å². The molecule has 0 heterocycles. The average Bonchev–Trinajstić information content (AvgIpc) is 2.08. The number of hydrogen-bond acceptors (Lipinski definition) is 2. The number of hydrogen-bond donors (Lipinski definition) is 1. The zero-order valence-electron chi connectivity index (χ0n) is 6.27. The third-order valence-electron chi connectivity index (χ3n) is 1.58. The smallest absolute Gasteiger partial charge is 0.153 e. The van der Waals surface area contributed by atoms with E-state index in [-0.39, 0.29) is 5.75 Å². The number of halogens is 2. The number of phenols is 1. The second kappa shape index (κ2) is 3.91. The Balaban J connectivity index is 3.49. The molecule has 0 unspecified atom stereocenters. The highest BCUT2D eigenvalue weighted by molar-refractivity contribution is 14.1. The van der Waals surface area contributed by atoms with Crippen molar-refractivity contribution in [3.63, 3.8) is 0 Å². The van der Waals surface area contributed by atoms with Crippen LogP contribution in [0.3, 0.4) is 0 Å². The molecule has 4 heteroatoms. The van der Waals surface area contributed by atoms with E-state index in [1.807, 2.05) is 29.5 Å². The third kappa shape index (κ3) is 1.73. The first kappa shape index (κ1) is 10.2. The van der Waals surface area contributed by atoms with Gasteiger partial charge in [-0.3, -0.25) is 4.79 Å². The van der Waals surface area contributed by atoms with Gasteiger partial charge >= 0.3 is 0 Å². The summed E-state index contributed by atoms with van der Waals surface area (Å²) in [5, 5.41) is 9.46. The van der Waals surface area contributed by atoms with Gasteiger partial charge in [0.1, 0.15) is 5.75 Å². The van der Waals surface area contributed by atoms with Crippen molar-refractivity contribution in [2.75, 3.05) is 0 Å². The lowest BCUT2D eigenvalue weighted by Gasteiger charge is -2.05. The third-order valence-corrected chi connectivity index (χ3v) is 4.02. The summed E-state index contributed by atoms with van der Waals surface area (Å²) in [6.07, 6.45) is 0.666. The second-order valence-electron chi connectivity index (χ2n) is 2.35. The van der Waals surface area contributed by atoms with Crippen molar-refractivity contribution in [2.24, 2.45) is 0 Å². The molecule has 12 heavy (non-hydrogen) atoms. The van der Waals surface area contributed by atoms with E-state index in [1.165, 1.54) is 0 Å². The van der Waals surface area contributed by atoms with Crippen molar-refractivity contribution in [2.45, 2.75) is 6.92 Å². The van der Waals surface area contributed by atoms with Crippen LogP contribution in [-0.4, -0.2) is 11.4 Å². The lowest BCUT2D eigenvalue weighted by Crippen LogP contribution is -1.91. The lowest BCUT2D eigenvalue weighted by atomic mass is 10.1. The fourth-order valence-corrected chi connectivity index (χ4v) is 2.54. The Morgan fingerprint density at radius 3 is 2.58 bits per heavy atom. The fourth-order valence-electron chi connectivity index (χ4n) is 0.812. The SMILES string of the molecule is Cc1c(I)cc(C=O)c(O)c1I. The summed E-state index contributed by atoms with van der Waals surface area (Å²) >= 11 is 4.17. The quantitative estimate of drug-likeness (QED) is 0.594. The Labute approximate surface area is 97.6 Å². The number of carbonyl (C=O) groups excluding carboxylic acids is 1. The van der Waals surface area contributed by atoms with E-state index in [2.05, 4.69) is 22.6 Å². The van der Waals surface area contributed by atoms with E-state index in [9.17, 15) is 9.90 Å². The summed E-state index contributed by atoms with van der Waals surface area (Å²) < 4.78 is 1.75. The van der Waals surface area contributed by atoms with Crippen LogP contribution in [0.15, 0.2) is 6.07 Å². The van der Waals surface area contributed by atoms with Gasteiger partial charge in [0.05, 0.1) is 9.13 Å². The number of rotatable bonds is 1. The van der Waals surface area contributed by atoms with Gasteiger partial charge in [-0.15, -0.1) is 0 Å². The summed E-state index contributed by atoms with van der Waals surface area (Å²) in [5.41, 5.74) is 1.37. The minimum atomic E-state index is 0.0866. The molecular weight excluding hydrogens is 382 g/mol. The predicted molar refractivity (Wildman–Crippen MR) is 63.7 cm³/mol. The number of carbonyl (C=O) groups is 1. The van der Waals surface area contributed by atoms with Crippen LogP contribution in [0.5, 0.6) is 5.75 Å². The minimum absolute atomic E-state index is 0.0866. The topological polar surface area (TPSA) is 37.3 Å². The molecule has 0 saturated heterocycles. The highest BCUT2D eigenvalue weighted by atomic mass is 127. The van der Waals surface area contributed by atoms with E-state index in [0.717, 1.165) is 12.7 Å². The molecule has 0 fully saturated rings. The van der Waals surface area contributed by atoms with Crippen LogP contribution in [0.4, 0.5) is 0 Å². The average molecular weight is 388 g/mol. The summed E-state index contributed by atoms with van der Waals surface area (Å²) in [7, 11) is 0. The van der Waals surface area contributed by atoms with Gasteiger partial charge in [-0.1, -0.05) is 0 Å². The van der Waals surface area contributed by atoms with Crippen LogP contribution in [0, 0.1) is 14.1 Å². The summed E-state index contributed by atoms with van der Waals surface area (Å²) in [4.78, 5) is 10.5. The molecule has 0 saturated carbocycles. The molecule has 1 N–H and O–H groups in total. The summed E-state index contributed by atoms with van der Waals surface area (Å²) in [5.74, 6) is 0.0866. The maximum absolute atomic E-state index is 10.5. The van der Waals surface area contributed by atoms with Gasteiger partial charge in [0, 0.05) is 3.57 Å². The van der Waals surface area contributed by atoms with Crippen LogP contribution in [0.1, 0.15) is 15.9 Å². The van der Waals surface area contributed by atoms with E-state index >= 15 is 0 Å². The summed E-state index contributed by atoms with van der Waals surface area (Å²) in [6, 6.07) is 1.68. The molecule has 1 rings (SSSR count). The minimum Gasteiger partial charge on any atom is -0.506 e. The van der Waals surface area contributed by atoms with Gasteiger partial charge < -0.3 is 5.11 Å². The normalized spacial score (nSPS) is 9.92. The molecule has 1 aromatic rings. The first-order chi connectivity index (χ1) is 5.57. The number of aldehydes is 1. The van der Waals surface area contributed by atoms with E-state index < -0.39 is 0 Å². The highest BCUT2D eigenvalue weighted by Crippen LogP contribution is 2.29. The van der Waals surface area contributed by atoms with E-state index in [4.69, 9.17) is 0 Å². The molecule has 64 valence electrons. The molecule has 0 aliphatic rings. The van der Waals surface area contributed by atoms with Crippen molar-refractivity contribution in [3.8, 4) is 5.75 Å². The number of benzene rings is 1. The first-order valence-corrected chi connectivity index (χ1v) is 5.36. The predicted octanol–water partition coefficient (Wildman–Crippen LogP) is 2.72. The standard InChI is InChI=1S/C8H6I2O2/c1-4-6(9)2-5(3-11)8(12)7(4)10/h2-3,12H,1H3. The van der Waals surface area contributed by atoms with Crippen molar-refractivity contribution < 1.29 is 9.90 Å². The summed E-state index contributed by atoms with van der Waals surface area (Å²) in [6.45, 7) is 1.91. The van der Waals surface area contributed by atoms with Crippen LogP contribution in [0.25, 0.3) is 0 Å². The molecule has 0 aromatic heterocycles. The van der Waals surface area contributed by atoms with Crippen molar-refractivity contribution >= 4 is 51.5 Å². The van der Waals surface area contributed by atoms with Gasteiger partial charge in [-0.2, -0.15) is 0 Å². The molecule has 0 aliphatic heterocycles. The molecule has 0 aliphatic carbocycles. The molecular formula is C8H6I2O2. The molecule has 0 spiro atoms. The van der Waals surface area contributed by atoms with Crippen molar-refractivity contribution in [3.05, 3.63) is 24.3 Å². The molecule has 0 atom stereocenters. The molecule has 0 bridgehead atoms. The zero-order chi connectivity index (χ0) is 9.30. The molecule has 1 aromatic carbocycles. The largest absolute Gasteiger partial charge is 0.506 e. The Kier molecular flexibility index (Phi) is 3.33. The van der Waals surface area contributed by atoms with Crippen LogP contribution >= 0.6 is 45.2 Å². The first-order valence-electron chi connectivity index (χ1n) is 3.20. The Hall–Kier alpha value is 0.150. The maximum Gasteiger partial charge on any atom is 0.153 e. The Bertz CT molecular complexity index is 334. The second-order valence-corrected chi connectivity index (χ2v) is 4.59.